The molecular weight excluding hydrogens is 725 g/mol. The average Bonchev–Trinajstić information content (AvgIpc) is 3.21. The van der Waals surface area contributed by atoms with Crippen LogP contribution < -0.4 is 31.1 Å². The van der Waals surface area contributed by atoms with Crippen molar-refractivity contribution in [1.29, 1.82) is 0 Å². The van der Waals surface area contributed by atoms with E-state index in [4.69, 9.17) is 0 Å². The molecular formula is C56H56BN3. The minimum Gasteiger partial charge on any atom is -0.311 e. The molecule has 0 unspecified atom stereocenters. The van der Waals surface area contributed by atoms with Gasteiger partial charge >= 0.3 is 0 Å². The molecule has 0 radical (unpaired) electrons. The highest BCUT2D eigenvalue weighted by Gasteiger charge is 2.47. The second-order valence-electron chi connectivity index (χ2n) is 19.3. The van der Waals surface area contributed by atoms with Gasteiger partial charge in [-0.3, -0.25) is 0 Å². The first-order chi connectivity index (χ1) is 28.7. The number of fused-ring (bicyclic) bond motifs is 5. The van der Waals surface area contributed by atoms with Crippen LogP contribution in [0.15, 0.2) is 133 Å². The van der Waals surface area contributed by atoms with Crippen molar-refractivity contribution in [3.05, 3.63) is 178 Å². The Balaban J connectivity index is 1.34. The summed E-state index contributed by atoms with van der Waals surface area (Å²) in [5, 5.41) is 0. The first-order valence-electron chi connectivity index (χ1n) is 21.9. The third-order valence-electron chi connectivity index (χ3n) is 14.0. The lowest BCUT2D eigenvalue weighted by molar-refractivity contribution is 0.332. The Hall–Kier alpha value is -6.00. The first kappa shape index (κ1) is 38.2. The van der Waals surface area contributed by atoms with Gasteiger partial charge in [0.25, 0.3) is 6.71 Å². The number of hydrogen-bond donors (Lipinski definition) is 0. The molecule has 0 aromatic heterocycles. The Bertz CT molecular complexity index is 2770. The van der Waals surface area contributed by atoms with Crippen LogP contribution in [0.1, 0.15) is 85.0 Å². The van der Waals surface area contributed by atoms with Crippen molar-refractivity contribution in [2.24, 2.45) is 0 Å². The number of rotatable bonds is 5. The van der Waals surface area contributed by atoms with E-state index in [1.807, 2.05) is 0 Å². The lowest BCUT2D eigenvalue weighted by atomic mass is 9.33. The molecule has 0 atom stereocenters. The van der Waals surface area contributed by atoms with Gasteiger partial charge in [-0.1, -0.05) is 112 Å². The third kappa shape index (κ3) is 5.86. The summed E-state index contributed by atoms with van der Waals surface area (Å²) in [6.07, 6.45) is 2.35. The number of hydrogen-bond acceptors (Lipinski definition) is 3. The van der Waals surface area contributed by atoms with Crippen LogP contribution in [-0.4, -0.2) is 6.71 Å². The van der Waals surface area contributed by atoms with Crippen molar-refractivity contribution < 1.29 is 0 Å². The van der Waals surface area contributed by atoms with E-state index in [1.54, 1.807) is 0 Å². The summed E-state index contributed by atoms with van der Waals surface area (Å²) in [6, 6.07) is 50.6. The Labute approximate surface area is 358 Å². The lowest BCUT2D eigenvalue weighted by Gasteiger charge is -2.48. The predicted molar refractivity (Wildman–Crippen MR) is 259 cm³/mol. The van der Waals surface area contributed by atoms with Gasteiger partial charge < -0.3 is 14.7 Å². The van der Waals surface area contributed by atoms with E-state index in [1.165, 1.54) is 108 Å². The number of nitrogens with zero attached hydrogens (tertiary/aromatic N) is 3. The molecule has 7 aromatic carbocycles. The summed E-state index contributed by atoms with van der Waals surface area (Å²) in [7, 11) is 0. The highest BCUT2D eigenvalue weighted by Crippen LogP contribution is 2.52. The van der Waals surface area contributed by atoms with Crippen molar-refractivity contribution in [3.8, 4) is 0 Å². The Morgan fingerprint density at radius 2 is 0.917 bits per heavy atom. The van der Waals surface area contributed by atoms with E-state index in [0.717, 1.165) is 17.1 Å². The summed E-state index contributed by atoms with van der Waals surface area (Å²) < 4.78 is 0. The smallest absolute Gasteiger partial charge is 0.252 e. The van der Waals surface area contributed by atoms with Crippen molar-refractivity contribution >= 4 is 74.3 Å². The normalized spacial score (nSPS) is 15.5. The minimum absolute atomic E-state index is 0.0329. The van der Waals surface area contributed by atoms with E-state index in [2.05, 4.69) is 217 Å². The molecule has 0 fully saturated rings. The summed E-state index contributed by atoms with van der Waals surface area (Å²) >= 11 is 0. The Morgan fingerprint density at radius 1 is 0.433 bits per heavy atom. The van der Waals surface area contributed by atoms with Gasteiger partial charge in [-0.15, -0.1) is 0 Å². The molecule has 10 rings (SSSR count). The van der Waals surface area contributed by atoms with Crippen LogP contribution in [0.4, 0.5) is 51.2 Å². The zero-order chi connectivity index (χ0) is 41.8. The molecule has 7 aromatic rings. The van der Waals surface area contributed by atoms with Gasteiger partial charge in [0.2, 0.25) is 0 Å². The van der Waals surface area contributed by atoms with Gasteiger partial charge in [0, 0.05) is 39.8 Å². The van der Waals surface area contributed by atoms with Crippen LogP contribution in [-0.2, 0) is 10.8 Å². The fourth-order valence-electron chi connectivity index (χ4n) is 11.1. The summed E-state index contributed by atoms with van der Waals surface area (Å²) in [5.74, 6) is 0. The number of para-hydroxylation sites is 3. The molecule has 0 saturated heterocycles. The third-order valence-corrected chi connectivity index (χ3v) is 14.0. The molecule has 2 aliphatic heterocycles. The topological polar surface area (TPSA) is 9.72 Å². The summed E-state index contributed by atoms with van der Waals surface area (Å²) in [6.45, 7) is 23.6. The summed E-state index contributed by atoms with van der Waals surface area (Å²) in [5.41, 5.74) is 26.0. The van der Waals surface area contributed by atoms with Crippen LogP contribution >= 0.6 is 0 Å². The number of aryl methyl sites for hydroxylation is 6. The highest BCUT2D eigenvalue weighted by atomic mass is 15.2. The van der Waals surface area contributed by atoms with E-state index < -0.39 is 0 Å². The second kappa shape index (κ2) is 13.8. The van der Waals surface area contributed by atoms with Crippen LogP contribution in [0.2, 0.25) is 0 Å². The van der Waals surface area contributed by atoms with Gasteiger partial charge in [0.1, 0.15) is 0 Å². The maximum atomic E-state index is 2.66. The van der Waals surface area contributed by atoms with Crippen LogP contribution in [0.25, 0.3) is 0 Å². The van der Waals surface area contributed by atoms with Gasteiger partial charge in [0.15, 0.2) is 0 Å². The maximum absolute atomic E-state index is 2.66. The molecule has 2 heterocycles. The van der Waals surface area contributed by atoms with Gasteiger partial charge in [0.05, 0.1) is 11.4 Å². The second-order valence-corrected chi connectivity index (χ2v) is 19.3. The van der Waals surface area contributed by atoms with E-state index in [9.17, 15) is 0 Å². The molecule has 0 spiro atoms. The first-order valence-corrected chi connectivity index (χ1v) is 21.9. The standard InChI is InChI=1S/C56H56BN3/c1-35-28-39(5)54(40(6)29-35)60-49-34-45-44(55(7,8)26-27-56(45,9)10)33-47(49)57-46-25-24-43(58(41-20-13-11-14-21-41)42-22-15-12-16-23-42)32-48(46)59(53-37(3)18-17-19-38(53)4)50-30-36(2)31-51(60)52(50)57/h11-25,28-34H,26-27H2,1-10H3. The van der Waals surface area contributed by atoms with Gasteiger partial charge in [-0.25, -0.2) is 0 Å². The molecule has 60 heavy (non-hydrogen) atoms. The molecule has 0 bridgehead atoms. The molecule has 4 heteroatoms. The number of benzene rings is 7. The quantitative estimate of drug-likeness (QED) is 0.161. The fourth-order valence-corrected chi connectivity index (χ4v) is 11.1. The molecule has 3 aliphatic rings. The Kier molecular flexibility index (Phi) is 8.78. The zero-order valence-electron chi connectivity index (χ0n) is 37.0. The molecule has 0 saturated carbocycles. The van der Waals surface area contributed by atoms with E-state index >= 15 is 0 Å². The molecule has 0 N–H and O–H groups in total. The monoisotopic (exact) mass is 781 g/mol. The van der Waals surface area contributed by atoms with Crippen molar-refractivity contribution in [3.63, 3.8) is 0 Å². The molecule has 1 aliphatic carbocycles. The van der Waals surface area contributed by atoms with Crippen molar-refractivity contribution in [2.75, 3.05) is 14.7 Å². The SMILES string of the molecule is Cc1cc(C)c(N2c3cc4c(cc3B3c5ccc(N(c6ccccc6)c6ccccc6)cc5N(c5c(C)cccc5C)c5cc(C)cc2c53)C(C)(C)CCC4(C)C)c(C)c1. The highest BCUT2D eigenvalue weighted by molar-refractivity contribution is 7.00. The van der Waals surface area contributed by atoms with E-state index in [-0.39, 0.29) is 17.5 Å². The molecule has 0 amide bonds. The molecule has 3 nitrogen and oxygen atoms in total. The van der Waals surface area contributed by atoms with Crippen LogP contribution in [0, 0.1) is 41.5 Å². The largest absolute Gasteiger partial charge is 0.311 e. The van der Waals surface area contributed by atoms with Gasteiger partial charge in [-0.05, 0) is 175 Å². The molecule has 298 valence electrons. The van der Waals surface area contributed by atoms with Crippen LogP contribution in [0.3, 0.4) is 0 Å². The van der Waals surface area contributed by atoms with Gasteiger partial charge in [-0.2, -0.15) is 0 Å². The van der Waals surface area contributed by atoms with E-state index in [0.29, 0.717) is 0 Å². The predicted octanol–water partition coefficient (Wildman–Crippen LogP) is 13.4. The zero-order valence-corrected chi connectivity index (χ0v) is 37.0. The lowest BCUT2D eigenvalue weighted by Crippen LogP contribution is -2.62. The minimum atomic E-state index is 0.0329. The maximum Gasteiger partial charge on any atom is 0.252 e. The summed E-state index contributed by atoms with van der Waals surface area (Å²) in [4.78, 5) is 7.68. The van der Waals surface area contributed by atoms with Crippen molar-refractivity contribution in [1.82, 2.24) is 0 Å². The Morgan fingerprint density at radius 3 is 1.47 bits per heavy atom. The van der Waals surface area contributed by atoms with Crippen LogP contribution in [0.5, 0.6) is 0 Å². The average molecular weight is 782 g/mol. The fraction of sp³-hybridized carbons (Fsp3) is 0.250. The van der Waals surface area contributed by atoms with Crippen molar-refractivity contribution in [2.45, 2.75) is 92.9 Å². The number of anilines is 9.